The molecule has 2 N–H and O–H groups in total. The van der Waals surface area contributed by atoms with Crippen LogP contribution in [-0.4, -0.2) is 17.6 Å². The zero-order chi connectivity index (χ0) is 16.2. The quantitative estimate of drug-likeness (QED) is 0.770. The van der Waals surface area contributed by atoms with E-state index in [1.165, 1.54) is 27.9 Å². The molecule has 3 aromatic rings. The third-order valence-electron chi connectivity index (χ3n) is 4.56. The molecule has 0 saturated carbocycles. The van der Waals surface area contributed by atoms with Gasteiger partial charge in [-0.1, -0.05) is 36.4 Å². The first kappa shape index (κ1) is 14.9. The van der Waals surface area contributed by atoms with E-state index < -0.39 is 0 Å². The molecule has 24 heavy (non-hydrogen) atoms. The highest BCUT2D eigenvalue weighted by atomic mass is 15.0. The third kappa shape index (κ3) is 3.31. The average Bonchev–Trinajstić information content (AvgIpc) is 2.85. The van der Waals surface area contributed by atoms with Crippen LogP contribution in [0.5, 0.6) is 0 Å². The molecule has 0 radical (unpaired) electrons. The number of aromatic nitrogens is 1. The van der Waals surface area contributed by atoms with E-state index in [4.69, 9.17) is 0 Å². The summed E-state index contributed by atoms with van der Waals surface area (Å²) < 4.78 is 0. The second kappa shape index (κ2) is 6.85. The van der Waals surface area contributed by atoms with E-state index in [-0.39, 0.29) is 0 Å². The highest BCUT2D eigenvalue weighted by Gasteiger charge is 2.16. The molecule has 0 aliphatic carbocycles. The molecule has 3 nitrogen and oxygen atoms in total. The summed E-state index contributed by atoms with van der Waals surface area (Å²) in [6.07, 6.45) is 4.72. The molecular formula is C21H21N3. The standard InChI is InChI=1S/C21H21N3/c1-2-4-16(5-3-1)12-20-15-24-21-7-6-18(13-19(21)14-23-20)17-8-10-22-11-9-17/h1-11,13,20,23-24H,12,14-15H2. The highest BCUT2D eigenvalue weighted by molar-refractivity contribution is 5.68. The first-order valence-electron chi connectivity index (χ1n) is 8.43. The Bertz CT molecular complexity index is 800. The van der Waals surface area contributed by atoms with Crippen LogP contribution < -0.4 is 10.6 Å². The number of benzene rings is 2. The number of nitrogens with one attached hydrogen (secondary N) is 2. The SMILES string of the molecule is c1ccc(CC2CNc3ccc(-c4ccncc4)cc3CN2)cc1. The Morgan fingerprint density at radius 3 is 2.58 bits per heavy atom. The monoisotopic (exact) mass is 315 g/mol. The van der Waals surface area contributed by atoms with Crippen LogP contribution in [0.1, 0.15) is 11.1 Å². The fraction of sp³-hybridized carbons (Fsp3) is 0.190. The van der Waals surface area contributed by atoms with E-state index in [1.807, 2.05) is 12.4 Å². The van der Waals surface area contributed by atoms with Crippen molar-refractivity contribution in [2.45, 2.75) is 19.0 Å². The van der Waals surface area contributed by atoms with Gasteiger partial charge in [0.1, 0.15) is 0 Å². The Morgan fingerprint density at radius 2 is 1.75 bits per heavy atom. The van der Waals surface area contributed by atoms with Crippen LogP contribution >= 0.6 is 0 Å². The van der Waals surface area contributed by atoms with Crippen molar-refractivity contribution in [3.05, 3.63) is 84.2 Å². The molecule has 2 aromatic carbocycles. The lowest BCUT2D eigenvalue weighted by Crippen LogP contribution is -2.34. The first-order valence-corrected chi connectivity index (χ1v) is 8.43. The maximum absolute atomic E-state index is 4.10. The summed E-state index contributed by atoms with van der Waals surface area (Å²) in [6.45, 7) is 1.83. The van der Waals surface area contributed by atoms with Gasteiger partial charge in [0.05, 0.1) is 0 Å². The summed E-state index contributed by atoms with van der Waals surface area (Å²) in [4.78, 5) is 4.10. The number of rotatable bonds is 3. The predicted molar refractivity (Wildman–Crippen MR) is 98.9 cm³/mol. The maximum Gasteiger partial charge on any atom is 0.0386 e. The molecule has 0 fully saturated rings. The van der Waals surface area contributed by atoms with Gasteiger partial charge in [-0.05, 0) is 52.9 Å². The lowest BCUT2D eigenvalue weighted by atomic mass is 10.0. The first-order chi connectivity index (χ1) is 11.9. The number of hydrogen-bond acceptors (Lipinski definition) is 3. The van der Waals surface area contributed by atoms with Gasteiger partial charge in [0, 0.05) is 37.2 Å². The molecule has 0 bridgehead atoms. The summed E-state index contributed by atoms with van der Waals surface area (Å²) in [5.41, 5.74) is 6.37. The van der Waals surface area contributed by atoms with Crippen LogP contribution in [0.3, 0.4) is 0 Å². The molecule has 2 heterocycles. The van der Waals surface area contributed by atoms with Crippen LogP contribution in [0.15, 0.2) is 73.1 Å². The Labute approximate surface area is 142 Å². The van der Waals surface area contributed by atoms with Crippen molar-refractivity contribution in [3.63, 3.8) is 0 Å². The van der Waals surface area contributed by atoms with Crippen LogP contribution in [-0.2, 0) is 13.0 Å². The molecular weight excluding hydrogens is 294 g/mol. The van der Waals surface area contributed by atoms with Crippen molar-refractivity contribution in [3.8, 4) is 11.1 Å². The normalized spacial score (nSPS) is 16.8. The van der Waals surface area contributed by atoms with Crippen molar-refractivity contribution >= 4 is 5.69 Å². The predicted octanol–water partition coefficient (Wildman–Crippen LogP) is 3.88. The minimum Gasteiger partial charge on any atom is -0.383 e. The van der Waals surface area contributed by atoms with Crippen molar-refractivity contribution < 1.29 is 0 Å². The molecule has 1 aliphatic rings. The average molecular weight is 315 g/mol. The smallest absolute Gasteiger partial charge is 0.0386 e. The van der Waals surface area contributed by atoms with Gasteiger partial charge in [-0.3, -0.25) is 4.98 Å². The van der Waals surface area contributed by atoms with E-state index in [2.05, 4.69) is 76.3 Å². The molecule has 0 spiro atoms. The van der Waals surface area contributed by atoms with E-state index in [1.54, 1.807) is 0 Å². The lowest BCUT2D eigenvalue weighted by Gasteiger charge is -2.15. The number of hydrogen-bond donors (Lipinski definition) is 2. The van der Waals surface area contributed by atoms with Crippen LogP contribution in [0, 0.1) is 0 Å². The minimum absolute atomic E-state index is 0.434. The lowest BCUT2D eigenvalue weighted by molar-refractivity contribution is 0.537. The van der Waals surface area contributed by atoms with Crippen LogP contribution in [0.2, 0.25) is 0 Å². The summed E-state index contributed by atoms with van der Waals surface area (Å²) in [7, 11) is 0. The highest BCUT2D eigenvalue weighted by Crippen LogP contribution is 2.26. The molecule has 1 aromatic heterocycles. The van der Waals surface area contributed by atoms with Gasteiger partial charge in [-0.2, -0.15) is 0 Å². The molecule has 4 rings (SSSR count). The van der Waals surface area contributed by atoms with Gasteiger partial charge in [-0.25, -0.2) is 0 Å². The Hall–Kier alpha value is -2.65. The van der Waals surface area contributed by atoms with Crippen molar-refractivity contribution in [2.75, 3.05) is 11.9 Å². The van der Waals surface area contributed by atoms with Crippen LogP contribution in [0.4, 0.5) is 5.69 Å². The molecule has 1 unspecified atom stereocenters. The van der Waals surface area contributed by atoms with Gasteiger partial charge in [-0.15, -0.1) is 0 Å². The third-order valence-corrected chi connectivity index (χ3v) is 4.56. The number of pyridine rings is 1. The van der Waals surface area contributed by atoms with E-state index in [9.17, 15) is 0 Å². The molecule has 3 heteroatoms. The summed E-state index contributed by atoms with van der Waals surface area (Å²) in [5.74, 6) is 0. The Morgan fingerprint density at radius 1 is 0.917 bits per heavy atom. The largest absolute Gasteiger partial charge is 0.383 e. The van der Waals surface area contributed by atoms with Gasteiger partial charge in [0.2, 0.25) is 0 Å². The minimum atomic E-state index is 0.434. The zero-order valence-electron chi connectivity index (χ0n) is 13.6. The fourth-order valence-electron chi connectivity index (χ4n) is 3.24. The number of nitrogens with zero attached hydrogens (tertiary/aromatic N) is 1. The molecule has 0 amide bonds. The van der Waals surface area contributed by atoms with Gasteiger partial charge in [0.15, 0.2) is 0 Å². The zero-order valence-corrected chi connectivity index (χ0v) is 13.6. The van der Waals surface area contributed by atoms with E-state index in [0.29, 0.717) is 6.04 Å². The molecule has 0 saturated heterocycles. The van der Waals surface area contributed by atoms with Crippen molar-refractivity contribution in [1.82, 2.24) is 10.3 Å². The van der Waals surface area contributed by atoms with Crippen molar-refractivity contribution in [2.24, 2.45) is 0 Å². The number of anilines is 1. The van der Waals surface area contributed by atoms with Gasteiger partial charge >= 0.3 is 0 Å². The Kier molecular flexibility index (Phi) is 4.26. The Balaban J connectivity index is 1.51. The second-order valence-corrected chi connectivity index (χ2v) is 6.26. The second-order valence-electron chi connectivity index (χ2n) is 6.26. The number of fused-ring (bicyclic) bond motifs is 1. The van der Waals surface area contributed by atoms with Crippen molar-refractivity contribution in [1.29, 1.82) is 0 Å². The van der Waals surface area contributed by atoms with Gasteiger partial charge in [0.25, 0.3) is 0 Å². The summed E-state index contributed by atoms with van der Waals surface area (Å²) in [6, 6.07) is 21.9. The maximum atomic E-state index is 4.10. The molecule has 120 valence electrons. The van der Waals surface area contributed by atoms with E-state index in [0.717, 1.165) is 19.5 Å². The van der Waals surface area contributed by atoms with E-state index >= 15 is 0 Å². The van der Waals surface area contributed by atoms with Crippen LogP contribution in [0.25, 0.3) is 11.1 Å². The summed E-state index contributed by atoms with van der Waals surface area (Å²) >= 11 is 0. The topological polar surface area (TPSA) is 37.0 Å². The van der Waals surface area contributed by atoms with Gasteiger partial charge < -0.3 is 10.6 Å². The summed E-state index contributed by atoms with van der Waals surface area (Å²) in [5, 5.41) is 7.29. The molecule has 1 atom stereocenters. The molecule has 1 aliphatic heterocycles. The fourth-order valence-corrected chi connectivity index (χ4v) is 3.24.